The second kappa shape index (κ2) is 10.6. The zero-order chi connectivity index (χ0) is 19.8. The first-order valence-electron chi connectivity index (χ1n) is 12.0. The van der Waals surface area contributed by atoms with E-state index in [-0.39, 0.29) is 0 Å². The molecule has 4 saturated carbocycles. The molecule has 4 nitrogen and oxygen atoms in total. The molecule has 4 aliphatic carbocycles. The lowest BCUT2D eigenvalue weighted by atomic mass is 9.49. The Labute approximate surface area is 171 Å². The van der Waals surface area contributed by atoms with Crippen LogP contribution in [0.25, 0.3) is 0 Å². The molecule has 0 heterocycles. The fourth-order valence-corrected chi connectivity index (χ4v) is 6.78. The van der Waals surface area contributed by atoms with Crippen molar-refractivity contribution in [1.29, 1.82) is 0 Å². The summed E-state index contributed by atoms with van der Waals surface area (Å²) in [5.41, 5.74) is 0.364. The average Bonchev–Trinajstić information content (AvgIpc) is 2.60. The lowest BCUT2D eigenvalue weighted by Crippen LogP contribution is -2.48. The van der Waals surface area contributed by atoms with Crippen molar-refractivity contribution in [2.75, 3.05) is 6.54 Å². The molecule has 4 bridgehead atoms. The monoisotopic (exact) mass is 391 g/mol. The molecule has 4 rings (SSSR count). The highest BCUT2D eigenvalue weighted by Gasteiger charge is 2.51. The molecule has 0 saturated heterocycles. The molecular formula is C24H41NO3. The first-order valence-corrected chi connectivity index (χ1v) is 12.0. The lowest BCUT2D eigenvalue weighted by Gasteiger charge is -2.56. The molecule has 28 heavy (non-hydrogen) atoms. The third-order valence-electron chi connectivity index (χ3n) is 7.59. The summed E-state index contributed by atoms with van der Waals surface area (Å²) in [6.07, 6.45) is 19.7. The molecule has 2 N–H and O–H groups in total. The van der Waals surface area contributed by atoms with E-state index >= 15 is 0 Å². The molecule has 0 aromatic carbocycles. The van der Waals surface area contributed by atoms with Crippen LogP contribution in [0.5, 0.6) is 0 Å². The Morgan fingerprint density at radius 2 is 1.21 bits per heavy atom. The largest absolute Gasteiger partial charge is 0.481 e. The van der Waals surface area contributed by atoms with E-state index in [0.29, 0.717) is 17.7 Å². The minimum atomic E-state index is -0.676. The van der Waals surface area contributed by atoms with Gasteiger partial charge in [-0.1, -0.05) is 44.9 Å². The average molecular weight is 392 g/mol. The van der Waals surface area contributed by atoms with Gasteiger partial charge in [-0.25, -0.2) is 0 Å². The summed E-state index contributed by atoms with van der Waals surface area (Å²) in [4.78, 5) is 22.9. The summed E-state index contributed by atoms with van der Waals surface area (Å²) >= 11 is 0. The molecule has 1 amide bonds. The van der Waals surface area contributed by atoms with Crippen LogP contribution in [0.3, 0.4) is 0 Å². The highest BCUT2D eigenvalue weighted by atomic mass is 16.4. The number of hydrogen-bond donors (Lipinski definition) is 2. The Morgan fingerprint density at radius 1 is 0.750 bits per heavy atom. The quantitative estimate of drug-likeness (QED) is 0.374. The number of carboxylic acids is 1. The Hall–Kier alpha value is -1.06. The number of amides is 1. The fraction of sp³-hybridized carbons (Fsp3) is 0.917. The Balaban J connectivity index is 1.15. The summed E-state index contributed by atoms with van der Waals surface area (Å²) in [5.74, 6) is 2.41. The van der Waals surface area contributed by atoms with E-state index in [1.807, 2.05) is 0 Å². The maximum Gasteiger partial charge on any atom is 0.303 e. The summed E-state index contributed by atoms with van der Waals surface area (Å²) in [6, 6.07) is 0. The van der Waals surface area contributed by atoms with Gasteiger partial charge in [-0.15, -0.1) is 0 Å². The van der Waals surface area contributed by atoms with Crippen LogP contribution in [0.1, 0.15) is 109 Å². The topological polar surface area (TPSA) is 66.4 Å². The van der Waals surface area contributed by atoms with Crippen LogP contribution in [0, 0.1) is 23.2 Å². The zero-order valence-electron chi connectivity index (χ0n) is 17.7. The molecule has 0 aromatic heterocycles. The minimum Gasteiger partial charge on any atom is -0.481 e. The van der Waals surface area contributed by atoms with Crippen molar-refractivity contribution in [2.45, 2.75) is 109 Å². The molecule has 0 aliphatic heterocycles. The maximum atomic E-state index is 12.5. The SMILES string of the molecule is O=C(O)CCCCCCCCCCCNC(=O)CC12CC3CC(CC(C3)C1)C2. The van der Waals surface area contributed by atoms with E-state index in [9.17, 15) is 9.59 Å². The minimum absolute atomic E-state index is 0.309. The second-order valence-corrected chi connectivity index (χ2v) is 10.3. The van der Waals surface area contributed by atoms with Gasteiger partial charge in [0.05, 0.1) is 0 Å². The molecule has 0 radical (unpaired) electrons. The van der Waals surface area contributed by atoms with Crippen LogP contribution in [0.15, 0.2) is 0 Å². The van der Waals surface area contributed by atoms with Gasteiger partial charge in [0, 0.05) is 19.4 Å². The van der Waals surface area contributed by atoms with Crippen LogP contribution in [-0.4, -0.2) is 23.5 Å². The van der Waals surface area contributed by atoms with Gasteiger partial charge in [-0.05, 0) is 74.5 Å². The number of nitrogens with one attached hydrogen (secondary N) is 1. The summed E-state index contributed by atoms with van der Waals surface area (Å²) in [7, 11) is 0. The molecule has 4 heteroatoms. The van der Waals surface area contributed by atoms with Crippen molar-refractivity contribution in [2.24, 2.45) is 23.2 Å². The normalized spacial score (nSPS) is 30.5. The summed E-state index contributed by atoms with van der Waals surface area (Å²) in [6.45, 7) is 0.848. The number of carboxylic acid groups (broad SMARTS) is 1. The third-order valence-corrected chi connectivity index (χ3v) is 7.59. The number of rotatable bonds is 14. The van der Waals surface area contributed by atoms with Crippen LogP contribution >= 0.6 is 0 Å². The zero-order valence-corrected chi connectivity index (χ0v) is 17.7. The van der Waals surface area contributed by atoms with Crippen LogP contribution < -0.4 is 5.32 Å². The van der Waals surface area contributed by atoms with Gasteiger partial charge in [0.1, 0.15) is 0 Å². The number of aliphatic carboxylic acids is 1. The highest BCUT2D eigenvalue weighted by molar-refractivity contribution is 5.76. The van der Waals surface area contributed by atoms with Gasteiger partial charge < -0.3 is 10.4 Å². The number of carbonyl (C=O) groups excluding carboxylic acids is 1. The summed E-state index contributed by atoms with van der Waals surface area (Å²) in [5, 5.41) is 11.8. The van der Waals surface area contributed by atoms with Crippen LogP contribution in [-0.2, 0) is 9.59 Å². The van der Waals surface area contributed by atoms with Gasteiger partial charge in [-0.3, -0.25) is 9.59 Å². The molecule has 0 unspecified atom stereocenters. The van der Waals surface area contributed by atoms with E-state index in [1.165, 1.54) is 70.6 Å². The van der Waals surface area contributed by atoms with Gasteiger partial charge in [-0.2, -0.15) is 0 Å². The highest BCUT2D eigenvalue weighted by Crippen LogP contribution is 2.61. The van der Waals surface area contributed by atoms with Crippen LogP contribution in [0.4, 0.5) is 0 Å². The number of hydrogen-bond acceptors (Lipinski definition) is 2. The van der Waals surface area contributed by atoms with Crippen molar-refractivity contribution in [3.63, 3.8) is 0 Å². The standard InChI is InChI=1S/C24H41NO3/c26-22(18-24-15-19-12-20(16-24)14-21(13-19)17-24)25-11-9-7-5-3-1-2-4-6-8-10-23(27)28/h19-21H,1-18H2,(H,25,26)(H,27,28). The molecule has 160 valence electrons. The van der Waals surface area contributed by atoms with E-state index in [4.69, 9.17) is 5.11 Å². The predicted octanol–water partition coefficient (Wildman–Crippen LogP) is 5.69. The number of unbranched alkanes of at least 4 members (excludes halogenated alkanes) is 8. The van der Waals surface area contributed by atoms with Gasteiger partial charge in [0.2, 0.25) is 5.91 Å². The van der Waals surface area contributed by atoms with Gasteiger partial charge in [0.25, 0.3) is 0 Å². The van der Waals surface area contributed by atoms with E-state index in [1.54, 1.807) is 0 Å². The van der Waals surface area contributed by atoms with Crippen molar-refractivity contribution in [3.05, 3.63) is 0 Å². The fourth-order valence-electron chi connectivity index (χ4n) is 6.78. The molecule has 0 aromatic rings. The second-order valence-electron chi connectivity index (χ2n) is 10.3. The molecule has 4 fully saturated rings. The first kappa shape index (κ1) is 21.6. The van der Waals surface area contributed by atoms with Gasteiger partial charge in [0.15, 0.2) is 0 Å². The maximum absolute atomic E-state index is 12.5. The summed E-state index contributed by atoms with van der Waals surface area (Å²) < 4.78 is 0. The van der Waals surface area contributed by atoms with Crippen molar-refractivity contribution < 1.29 is 14.7 Å². The Kier molecular flexibility index (Phi) is 8.23. The molecular weight excluding hydrogens is 350 g/mol. The molecule has 0 atom stereocenters. The Morgan fingerprint density at radius 3 is 1.71 bits per heavy atom. The Bertz CT molecular complexity index is 481. The molecule has 0 spiro atoms. The van der Waals surface area contributed by atoms with E-state index < -0.39 is 5.97 Å². The predicted molar refractivity (Wildman–Crippen MR) is 112 cm³/mol. The first-order chi connectivity index (χ1) is 13.5. The van der Waals surface area contributed by atoms with Crippen LogP contribution in [0.2, 0.25) is 0 Å². The number of carbonyl (C=O) groups is 2. The third kappa shape index (κ3) is 6.77. The van der Waals surface area contributed by atoms with Crippen molar-refractivity contribution in [1.82, 2.24) is 5.32 Å². The van der Waals surface area contributed by atoms with Crippen molar-refractivity contribution in [3.8, 4) is 0 Å². The van der Waals surface area contributed by atoms with Gasteiger partial charge >= 0.3 is 5.97 Å². The smallest absolute Gasteiger partial charge is 0.303 e. The lowest BCUT2D eigenvalue weighted by molar-refractivity contribution is -0.137. The van der Waals surface area contributed by atoms with E-state index in [0.717, 1.165) is 56.4 Å². The van der Waals surface area contributed by atoms with Crippen molar-refractivity contribution >= 4 is 11.9 Å². The molecule has 4 aliphatic rings. The van der Waals surface area contributed by atoms with E-state index in [2.05, 4.69) is 5.32 Å².